The molecule has 13 heteroatoms. The number of aromatic nitrogens is 2. The number of aromatic amines is 1. The van der Waals surface area contributed by atoms with Crippen LogP contribution in [-0.2, 0) is 22.7 Å². The number of piperidine rings is 1. The number of ether oxygens (including phenoxy) is 2. The van der Waals surface area contributed by atoms with Crippen molar-refractivity contribution in [1.82, 2.24) is 25.1 Å². The molecule has 1 atom stereocenters. The van der Waals surface area contributed by atoms with Gasteiger partial charge in [0, 0.05) is 73.7 Å². The van der Waals surface area contributed by atoms with Crippen LogP contribution in [0.3, 0.4) is 0 Å². The Labute approximate surface area is 269 Å². The zero-order valence-corrected chi connectivity index (χ0v) is 26.0. The fourth-order valence-electron chi connectivity index (χ4n) is 6.64. The second kappa shape index (κ2) is 12.1. The Bertz CT molecular complexity index is 1970. The van der Waals surface area contributed by atoms with Gasteiger partial charge in [0.25, 0.3) is 11.5 Å². The summed E-state index contributed by atoms with van der Waals surface area (Å²) in [6.45, 7) is 3.47. The number of amides is 3. The normalized spacial score (nSPS) is 18.4. The Morgan fingerprint density at radius 1 is 0.957 bits per heavy atom. The van der Waals surface area contributed by atoms with Crippen LogP contribution in [0.25, 0.3) is 22.3 Å². The largest absolute Gasteiger partial charge is 0.497 e. The smallest absolute Gasteiger partial charge is 0.262 e. The first-order valence-electron chi connectivity index (χ1n) is 15.4. The van der Waals surface area contributed by atoms with Gasteiger partial charge in [-0.15, -0.1) is 0 Å². The van der Waals surface area contributed by atoms with Crippen molar-refractivity contribution in [2.24, 2.45) is 0 Å². The van der Waals surface area contributed by atoms with Crippen LogP contribution in [0, 0.1) is 5.82 Å². The zero-order chi connectivity index (χ0) is 32.8. The van der Waals surface area contributed by atoms with Crippen LogP contribution in [0.15, 0.2) is 53.3 Å². The number of halogens is 1. The molecule has 47 heavy (non-hydrogen) atoms. The number of imide groups is 1. The average Bonchev–Trinajstić information content (AvgIpc) is 3.40. The summed E-state index contributed by atoms with van der Waals surface area (Å²) in [5.41, 5.74) is 3.23. The van der Waals surface area contributed by atoms with E-state index in [9.17, 15) is 19.2 Å². The summed E-state index contributed by atoms with van der Waals surface area (Å²) in [5.74, 6) is -0.349. The maximum atomic E-state index is 15.2. The first-order valence-corrected chi connectivity index (χ1v) is 15.4. The molecule has 12 nitrogen and oxygen atoms in total. The van der Waals surface area contributed by atoms with Crippen molar-refractivity contribution in [1.29, 1.82) is 0 Å². The van der Waals surface area contributed by atoms with Crippen molar-refractivity contribution in [2.45, 2.75) is 32.0 Å². The van der Waals surface area contributed by atoms with E-state index >= 15 is 4.39 Å². The van der Waals surface area contributed by atoms with Crippen molar-refractivity contribution < 1.29 is 28.2 Å². The standard InChI is InChI=1S/C34H33FN6O6/c1-46-22-15-26-30(28(16-22)47-2)33(44)38-31(36-26)20-3-5-21(6-4-20)40-11-9-39(10-12-40)17-19-13-23-24(25(35)14-19)18-41(34(23)45)27-7-8-29(42)37-32(27)43/h3-6,13-16,27H,7-12,17-18H2,1-2H3,(H,36,38,44)(H,37,42,43). The highest BCUT2D eigenvalue weighted by atomic mass is 19.1. The number of H-pyrrole nitrogens is 1. The molecule has 7 rings (SSSR count). The quantitative estimate of drug-likeness (QED) is 0.292. The van der Waals surface area contributed by atoms with Crippen LogP contribution in [-0.4, -0.2) is 83.9 Å². The Morgan fingerprint density at radius 2 is 1.72 bits per heavy atom. The molecule has 4 heterocycles. The molecule has 4 aromatic rings. The van der Waals surface area contributed by atoms with Gasteiger partial charge in [-0.05, 0) is 48.4 Å². The molecule has 2 fully saturated rings. The summed E-state index contributed by atoms with van der Waals surface area (Å²) in [5, 5.41) is 2.63. The molecule has 2 saturated heterocycles. The molecule has 3 aliphatic rings. The monoisotopic (exact) mass is 640 g/mol. The van der Waals surface area contributed by atoms with Gasteiger partial charge >= 0.3 is 0 Å². The number of hydrogen-bond donors (Lipinski definition) is 2. The summed E-state index contributed by atoms with van der Waals surface area (Å²) in [6, 6.07) is 13.6. The van der Waals surface area contributed by atoms with Gasteiger partial charge in [-0.3, -0.25) is 29.4 Å². The number of rotatable bonds is 7. The molecule has 3 aromatic carbocycles. The highest BCUT2D eigenvalue weighted by Crippen LogP contribution is 2.32. The van der Waals surface area contributed by atoms with E-state index in [4.69, 9.17) is 9.47 Å². The van der Waals surface area contributed by atoms with E-state index in [1.165, 1.54) is 18.1 Å². The Hall–Kier alpha value is -5.30. The van der Waals surface area contributed by atoms with Gasteiger partial charge < -0.3 is 24.3 Å². The maximum absolute atomic E-state index is 15.2. The van der Waals surface area contributed by atoms with Crippen molar-refractivity contribution in [2.75, 3.05) is 45.3 Å². The molecule has 1 aromatic heterocycles. The fraction of sp³-hybridized carbons (Fsp3) is 0.324. The molecule has 0 bridgehead atoms. The number of fused-ring (bicyclic) bond motifs is 2. The minimum atomic E-state index is -0.781. The lowest BCUT2D eigenvalue weighted by atomic mass is 10.0. The van der Waals surface area contributed by atoms with Crippen LogP contribution in [0.4, 0.5) is 10.1 Å². The number of carbonyl (C=O) groups excluding carboxylic acids is 3. The molecule has 0 radical (unpaired) electrons. The topological polar surface area (TPSA) is 137 Å². The van der Waals surface area contributed by atoms with Crippen LogP contribution >= 0.6 is 0 Å². The van der Waals surface area contributed by atoms with Gasteiger partial charge in [-0.25, -0.2) is 9.37 Å². The van der Waals surface area contributed by atoms with Crippen molar-refractivity contribution in [3.8, 4) is 22.9 Å². The molecule has 0 aliphatic carbocycles. The molecular weight excluding hydrogens is 607 g/mol. The van der Waals surface area contributed by atoms with Crippen molar-refractivity contribution in [3.63, 3.8) is 0 Å². The number of methoxy groups -OCH3 is 2. The molecular formula is C34H33FN6O6. The first kappa shape index (κ1) is 30.4. The van der Waals surface area contributed by atoms with Gasteiger partial charge in [0.1, 0.15) is 34.6 Å². The van der Waals surface area contributed by atoms with Gasteiger partial charge in [0.2, 0.25) is 11.8 Å². The van der Waals surface area contributed by atoms with Crippen molar-refractivity contribution >= 4 is 34.3 Å². The summed E-state index contributed by atoms with van der Waals surface area (Å²) < 4.78 is 25.9. The highest BCUT2D eigenvalue weighted by molar-refractivity contribution is 6.05. The van der Waals surface area contributed by atoms with E-state index in [2.05, 4.69) is 25.1 Å². The first-order chi connectivity index (χ1) is 22.7. The van der Waals surface area contributed by atoms with Gasteiger partial charge in [0.15, 0.2) is 0 Å². The fourth-order valence-corrected chi connectivity index (χ4v) is 6.64. The maximum Gasteiger partial charge on any atom is 0.262 e. The third-order valence-corrected chi connectivity index (χ3v) is 9.15. The van der Waals surface area contributed by atoms with Crippen LogP contribution in [0.2, 0.25) is 0 Å². The zero-order valence-electron chi connectivity index (χ0n) is 26.0. The summed E-state index contributed by atoms with van der Waals surface area (Å²) in [6.07, 6.45) is 0.381. The van der Waals surface area contributed by atoms with Crippen LogP contribution in [0.5, 0.6) is 11.5 Å². The molecule has 1 unspecified atom stereocenters. The second-order valence-corrected chi connectivity index (χ2v) is 12.0. The highest BCUT2D eigenvalue weighted by Gasteiger charge is 2.40. The van der Waals surface area contributed by atoms with E-state index in [1.54, 1.807) is 25.3 Å². The van der Waals surface area contributed by atoms with Crippen LogP contribution in [0.1, 0.15) is 34.3 Å². The third kappa shape index (κ3) is 5.67. The second-order valence-electron chi connectivity index (χ2n) is 12.0. The molecule has 3 aliphatic heterocycles. The molecule has 2 N–H and O–H groups in total. The SMILES string of the molecule is COc1cc(OC)c2c(=O)[nH]c(-c3ccc(N4CCN(Cc5cc(F)c6c(c5)C(=O)N(C5CCC(=O)NC5=O)C6)CC4)cc3)nc2c1. The number of anilines is 1. The summed E-state index contributed by atoms with van der Waals surface area (Å²) >= 11 is 0. The van der Waals surface area contributed by atoms with Gasteiger partial charge in [-0.2, -0.15) is 0 Å². The van der Waals surface area contributed by atoms with E-state index in [0.29, 0.717) is 45.9 Å². The number of nitrogens with zero attached hydrogens (tertiary/aromatic N) is 4. The Morgan fingerprint density at radius 3 is 2.43 bits per heavy atom. The number of hydrogen-bond acceptors (Lipinski definition) is 9. The third-order valence-electron chi connectivity index (χ3n) is 9.15. The minimum Gasteiger partial charge on any atom is -0.497 e. The average molecular weight is 641 g/mol. The lowest BCUT2D eigenvalue weighted by molar-refractivity contribution is -0.136. The lowest BCUT2D eigenvalue weighted by Crippen LogP contribution is -2.52. The Balaban J connectivity index is 1.00. The molecule has 0 spiro atoms. The van der Waals surface area contributed by atoms with Crippen LogP contribution < -0.4 is 25.2 Å². The van der Waals surface area contributed by atoms with E-state index < -0.39 is 17.8 Å². The van der Waals surface area contributed by atoms with E-state index in [-0.39, 0.29) is 42.3 Å². The van der Waals surface area contributed by atoms with E-state index in [0.717, 1.165) is 37.4 Å². The van der Waals surface area contributed by atoms with E-state index in [1.807, 2.05) is 24.3 Å². The number of piperazine rings is 1. The molecule has 242 valence electrons. The molecule has 3 amide bonds. The van der Waals surface area contributed by atoms with Gasteiger partial charge in [0.05, 0.1) is 26.3 Å². The Kier molecular flexibility index (Phi) is 7.84. The molecule has 0 saturated carbocycles. The lowest BCUT2D eigenvalue weighted by Gasteiger charge is -2.36. The predicted molar refractivity (Wildman–Crippen MR) is 171 cm³/mol. The summed E-state index contributed by atoms with van der Waals surface area (Å²) in [4.78, 5) is 63.4. The van der Waals surface area contributed by atoms with Crippen molar-refractivity contribution in [3.05, 3.63) is 81.4 Å². The number of carbonyl (C=O) groups is 3. The van der Waals surface area contributed by atoms with Gasteiger partial charge in [-0.1, -0.05) is 0 Å². The number of benzene rings is 3. The number of nitrogens with one attached hydrogen (secondary N) is 2. The predicted octanol–water partition coefficient (Wildman–Crippen LogP) is 2.83. The summed E-state index contributed by atoms with van der Waals surface area (Å²) in [7, 11) is 3.04. The minimum absolute atomic E-state index is 0.0144.